The number of alkyl halides is 1. The molecule has 0 spiro atoms. The number of nitrogens with zero attached hydrogens (tertiary/aromatic N) is 2. The van der Waals surface area contributed by atoms with Crippen LogP contribution >= 0.6 is 0 Å². The van der Waals surface area contributed by atoms with E-state index in [0.29, 0.717) is 25.1 Å². The van der Waals surface area contributed by atoms with Crippen LogP contribution < -0.4 is 0 Å². The second-order valence-electron chi connectivity index (χ2n) is 9.57. The minimum Gasteiger partial charge on any atom is -0.444 e. The minimum atomic E-state index is -1.32. The third-order valence-electron chi connectivity index (χ3n) is 5.21. The van der Waals surface area contributed by atoms with Crippen LogP contribution in [0.15, 0.2) is 35.3 Å². The van der Waals surface area contributed by atoms with Gasteiger partial charge in [0.25, 0.3) is 0 Å². The lowest BCUT2D eigenvalue weighted by molar-refractivity contribution is -0.0610. The third-order valence-corrected chi connectivity index (χ3v) is 5.21. The number of benzene rings is 1. The predicted octanol–water partition coefficient (Wildman–Crippen LogP) is 5.94. The largest absolute Gasteiger partial charge is 0.444 e. The molecule has 2 rings (SSSR count). The summed E-state index contributed by atoms with van der Waals surface area (Å²) in [4.78, 5) is 19.3. The summed E-state index contributed by atoms with van der Waals surface area (Å²) in [6, 6.07) is 9.85. The van der Waals surface area contributed by atoms with Gasteiger partial charge in [0.2, 0.25) is 0 Å². The topological polar surface area (TPSA) is 41.9 Å². The Balaban J connectivity index is 2.39. The first-order valence-corrected chi connectivity index (χ1v) is 10.2. The molecule has 28 heavy (non-hydrogen) atoms. The first-order valence-electron chi connectivity index (χ1n) is 10.2. The molecule has 1 aliphatic rings. The molecule has 0 saturated carbocycles. The maximum Gasteiger partial charge on any atom is 0.411 e. The molecule has 5 heteroatoms. The van der Waals surface area contributed by atoms with Gasteiger partial charge in [0.05, 0.1) is 17.8 Å². The number of rotatable bonds is 4. The van der Waals surface area contributed by atoms with E-state index >= 15 is 4.39 Å². The Bertz CT molecular complexity index is 709. The van der Waals surface area contributed by atoms with Crippen molar-refractivity contribution in [2.75, 3.05) is 0 Å². The van der Waals surface area contributed by atoms with Crippen LogP contribution in [0.1, 0.15) is 73.3 Å². The van der Waals surface area contributed by atoms with E-state index in [2.05, 4.69) is 4.99 Å². The van der Waals surface area contributed by atoms with Crippen LogP contribution in [-0.4, -0.2) is 39.6 Å². The molecule has 1 amide bonds. The van der Waals surface area contributed by atoms with Crippen LogP contribution in [0.5, 0.6) is 0 Å². The molecule has 156 valence electrons. The molecule has 0 radical (unpaired) electrons. The summed E-state index contributed by atoms with van der Waals surface area (Å²) in [6.45, 7) is 13.7. The van der Waals surface area contributed by atoms with Gasteiger partial charge in [-0.05, 0) is 53.5 Å². The summed E-state index contributed by atoms with van der Waals surface area (Å²) < 4.78 is 21.4. The van der Waals surface area contributed by atoms with Crippen LogP contribution in [0, 0.1) is 0 Å². The second-order valence-corrected chi connectivity index (χ2v) is 9.57. The number of halogens is 1. The molecule has 1 fully saturated rings. The lowest BCUT2D eigenvalue weighted by Crippen LogP contribution is -2.70. The van der Waals surface area contributed by atoms with E-state index in [9.17, 15) is 4.79 Å². The van der Waals surface area contributed by atoms with Gasteiger partial charge in [0, 0.05) is 12.0 Å². The summed E-state index contributed by atoms with van der Waals surface area (Å²) in [7, 11) is 0. The summed E-state index contributed by atoms with van der Waals surface area (Å²) in [5, 5.41) is 0. The monoisotopic (exact) mass is 390 g/mol. The summed E-state index contributed by atoms with van der Waals surface area (Å²) in [5.74, 6) is 0. The first kappa shape index (κ1) is 22.4. The van der Waals surface area contributed by atoms with Gasteiger partial charge in [0.1, 0.15) is 5.60 Å². The first-order chi connectivity index (χ1) is 12.9. The Morgan fingerprint density at radius 3 is 2.39 bits per heavy atom. The molecule has 0 aromatic heterocycles. The molecule has 4 nitrogen and oxygen atoms in total. The molecule has 2 atom stereocenters. The molecule has 1 aromatic rings. The van der Waals surface area contributed by atoms with Gasteiger partial charge in [-0.15, -0.1) is 0 Å². The van der Waals surface area contributed by atoms with Crippen molar-refractivity contribution in [1.82, 2.24) is 4.90 Å². The average molecular weight is 391 g/mol. The van der Waals surface area contributed by atoms with Crippen LogP contribution in [0.4, 0.5) is 9.18 Å². The van der Waals surface area contributed by atoms with E-state index in [1.165, 1.54) is 0 Å². The highest BCUT2D eigenvalue weighted by atomic mass is 19.1. The quantitative estimate of drug-likeness (QED) is 0.638. The van der Waals surface area contributed by atoms with E-state index in [4.69, 9.17) is 4.74 Å². The number of carbonyl (C=O) groups is 1. The smallest absolute Gasteiger partial charge is 0.411 e. The molecule has 0 unspecified atom stereocenters. The van der Waals surface area contributed by atoms with Crippen molar-refractivity contribution in [2.45, 2.75) is 97.1 Å². The van der Waals surface area contributed by atoms with Crippen LogP contribution in [0.25, 0.3) is 0 Å². The van der Waals surface area contributed by atoms with Crippen molar-refractivity contribution in [3.05, 3.63) is 35.9 Å². The van der Waals surface area contributed by atoms with Crippen molar-refractivity contribution in [3.63, 3.8) is 0 Å². The lowest BCUT2D eigenvalue weighted by Gasteiger charge is -2.55. The number of ether oxygens (including phenoxy) is 1. The van der Waals surface area contributed by atoms with Gasteiger partial charge in [-0.2, -0.15) is 0 Å². The Morgan fingerprint density at radius 1 is 1.25 bits per heavy atom. The Labute approximate surface area is 169 Å². The number of aliphatic imine (C=N–C) groups is 1. The number of carbonyl (C=O) groups excluding carboxylic acids is 1. The van der Waals surface area contributed by atoms with Crippen molar-refractivity contribution in [3.8, 4) is 0 Å². The molecule has 0 bridgehead atoms. The maximum atomic E-state index is 15.8. The SMILES string of the molecule is CCC[C@@]1(C)[C@H](F)C(=NCc2ccccc2)CC(C)(C)N1C(=O)OC(C)(C)C. The average Bonchev–Trinajstić information content (AvgIpc) is 2.56. The number of hydrogen-bond donors (Lipinski definition) is 0. The van der Waals surface area contributed by atoms with Crippen molar-refractivity contribution >= 4 is 11.8 Å². The van der Waals surface area contributed by atoms with Gasteiger partial charge in [-0.25, -0.2) is 9.18 Å². The highest BCUT2D eigenvalue weighted by Gasteiger charge is 2.56. The zero-order valence-electron chi connectivity index (χ0n) is 18.4. The summed E-state index contributed by atoms with van der Waals surface area (Å²) in [6.07, 6.45) is -0.0890. The molecular formula is C23H35FN2O2. The molecule has 0 N–H and O–H groups in total. The fourth-order valence-corrected chi connectivity index (χ4v) is 4.20. The highest BCUT2D eigenvalue weighted by molar-refractivity contribution is 5.93. The second kappa shape index (κ2) is 8.22. The van der Waals surface area contributed by atoms with E-state index in [1.807, 2.05) is 78.8 Å². The molecular weight excluding hydrogens is 355 g/mol. The van der Waals surface area contributed by atoms with Gasteiger partial charge in [0.15, 0.2) is 6.17 Å². The van der Waals surface area contributed by atoms with Gasteiger partial charge < -0.3 is 4.74 Å². The molecule has 1 aromatic carbocycles. The van der Waals surface area contributed by atoms with Crippen molar-refractivity contribution < 1.29 is 13.9 Å². The van der Waals surface area contributed by atoms with Gasteiger partial charge >= 0.3 is 6.09 Å². The summed E-state index contributed by atoms with van der Waals surface area (Å²) >= 11 is 0. The van der Waals surface area contributed by atoms with Gasteiger partial charge in [-0.3, -0.25) is 9.89 Å². The van der Waals surface area contributed by atoms with Crippen LogP contribution in [-0.2, 0) is 11.3 Å². The Kier molecular flexibility index (Phi) is 6.57. The van der Waals surface area contributed by atoms with Crippen LogP contribution in [0.2, 0.25) is 0 Å². The fraction of sp³-hybridized carbons (Fsp3) is 0.652. The molecule has 1 saturated heterocycles. The number of amides is 1. The molecule has 1 aliphatic heterocycles. The third kappa shape index (κ3) is 4.92. The van der Waals surface area contributed by atoms with Crippen molar-refractivity contribution in [2.24, 2.45) is 4.99 Å². The number of likely N-dealkylation sites (tertiary alicyclic amines) is 1. The van der Waals surface area contributed by atoms with E-state index in [-0.39, 0.29) is 0 Å². The highest BCUT2D eigenvalue weighted by Crippen LogP contribution is 2.42. The minimum absolute atomic E-state index is 0.388. The normalized spacial score (nSPS) is 26.4. The fourth-order valence-electron chi connectivity index (χ4n) is 4.20. The van der Waals surface area contributed by atoms with Crippen molar-refractivity contribution in [1.29, 1.82) is 0 Å². The Morgan fingerprint density at radius 2 is 1.86 bits per heavy atom. The molecule has 0 aliphatic carbocycles. The lowest BCUT2D eigenvalue weighted by atomic mass is 9.74. The molecule has 1 heterocycles. The number of hydrogen-bond acceptors (Lipinski definition) is 3. The summed E-state index contributed by atoms with van der Waals surface area (Å²) in [5.41, 5.74) is -0.636. The zero-order valence-corrected chi connectivity index (χ0v) is 18.4. The zero-order chi connectivity index (χ0) is 21.2. The van der Waals surface area contributed by atoms with E-state index in [1.54, 1.807) is 4.90 Å². The van der Waals surface area contributed by atoms with E-state index < -0.39 is 28.9 Å². The van der Waals surface area contributed by atoms with E-state index in [0.717, 1.165) is 12.0 Å². The predicted molar refractivity (Wildman–Crippen MR) is 113 cm³/mol. The van der Waals surface area contributed by atoms with Gasteiger partial charge in [-0.1, -0.05) is 43.7 Å². The number of piperidine rings is 1. The van der Waals surface area contributed by atoms with Crippen LogP contribution in [0.3, 0.4) is 0 Å². The Hall–Kier alpha value is -1.91. The maximum absolute atomic E-state index is 15.8. The standard InChI is InChI=1S/C23H35FN2O2/c1-8-14-23(7)19(24)18(25-16-17-12-10-9-11-13-17)15-22(5,6)26(23)20(27)28-21(2,3)4/h9-13,19H,8,14-16H2,1-7H3/t19-,23+/m1/s1.